The van der Waals surface area contributed by atoms with Crippen LogP contribution in [0.15, 0.2) is 0 Å². The van der Waals surface area contributed by atoms with E-state index in [-0.39, 0.29) is 5.91 Å². The third-order valence-corrected chi connectivity index (χ3v) is 4.03. The predicted octanol–water partition coefficient (Wildman–Crippen LogP) is -1.06. The number of piperazine rings is 1. The van der Waals surface area contributed by atoms with E-state index in [2.05, 4.69) is 4.90 Å². The van der Waals surface area contributed by atoms with Gasteiger partial charge in [0.05, 0.1) is 19.8 Å². The average Bonchev–Trinajstić information content (AvgIpc) is 2.48. The van der Waals surface area contributed by atoms with E-state index in [1.54, 1.807) is 6.92 Å². The normalized spacial score (nSPS) is 23.6. The number of hydrogen-bond donors (Lipinski definition) is 1. The summed E-state index contributed by atoms with van der Waals surface area (Å²) in [5, 5.41) is 8.99. The highest BCUT2D eigenvalue weighted by Crippen LogP contribution is 2.07. The van der Waals surface area contributed by atoms with Gasteiger partial charge < -0.3 is 14.7 Å². The van der Waals surface area contributed by atoms with Crippen molar-refractivity contribution in [1.82, 2.24) is 14.7 Å². The summed E-state index contributed by atoms with van der Waals surface area (Å²) in [5.41, 5.74) is 0. The van der Waals surface area contributed by atoms with Crippen LogP contribution in [0.25, 0.3) is 0 Å². The number of carboxylic acid groups (broad SMARTS) is 1. The van der Waals surface area contributed by atoms with E-state index in [0.29, 0.717) is 45.9 Å². The third-order valence-electron chi connectivity index (χ3n) is 4.03. The number of nitrogens with zero attached hydrogens (tertiary/aromatic N) is 3. The van der Waals surface area contributed by atoms with Crippen molar-refractivity contribution in [3.8, 4) is 0 Å². The van der Waals surface area contributed by atoms with Gasteiger partial charge in [0.1, 0.15) is 6.04 Å². The fraction of sp³-hybridized carbons (Fsp3) is 0.846. The number of amides is 1. The van der Waals surface area contributed by atoms with Crippen LogP contribution in [0, 0.1) is 0 Å². The minimum Gasteiger partial charge on any atom is -0.480 e. The summed E-state index contributed by atoms with van der Waals surface area (Å²) in [5.74, 6) is -0.643. The van der Waals surface area contributed by atoms with Gasteiger partial charge in [-0.15, -0.1) is 0 Å². The summed E-state index contributed by atoms with van der Waals surface area (Å²) in [4.78, 5) is 28.9. The van der Waals surface area contributed by atoms with Gasteiger partial charge in [-0.3, -0.25) is 19.4 Å². The number of hydrogen-bond acceptors (Lipinski definition) is 5. The lowest BCUT2D eigenvalue weighted by molar-refractivity contribution is -0.144. The summed E-state index contributed by atoms with van der Waals surface area (Å²) in [7, 11) is 0. The summed E-state index contributed by atoms with van der Waals surface area (Å²) in [6.07, 6.45) is 0. The molecule has 2 rings (SSSR count). The van der Waals surface area contributed by atoms with Crippen LogP contribution in [0.5, 0.6) is 0 Å². The first-order valence-corrected chi connectivity index (χ1v) is 7.12. The number of carbonyl (C=O) groups excluding carboxylic acids is 1. The Morgan fingerprint density at radius 2 is 1.70 bits per heavy atom. The topological polar surface area (TPSA) is 73.3 Å². The van der Waals surface area contributed by atoms with Gasteiger partial charge in [-0.1, -0.05) is 0 Å². The predicted molar refractivity (Wildman–Crippen MR) is 72.5 cm³/mol. The minimum absolute atomic E-state index is 0.146. The Morgan fingerprint density at radius 3 is 2.25 bits per heavy atom. The van der Waals surface area contributed by atoms with Crippen molar-refractivity contribution in [3.05, 3.63) is 0 Å². The molecule has 1 N–H and O–H groups in total. The first-order valence-electron chi connectivity index (χ1n) is 7.12. The second-order valence-corrected chi connectivity index (χ2v) is 5.32. The molecular formula is C13H23N3O4. The number of aliphatic carboxylic acids is 1. The molecule has 2 aliphatic heterocycles. The molecule has 0 radical (unpaired) electrons. The van der Waals surface area contributed by atoms with Gasteiger partial charge in [-0.05, 0) is 6.92 Å². The van der Waals surface area contributed by atoms with Crippen molar-refractivity contribution < 1.29 is 19.4 Å². The minimum atomic E-state index is -0.789. The SMILES string of the molecule is CC(C(=O)O)N1CCN(CC(=O)N2CCOCC2)CC1. The highest BCUT2D eigenvalue weighted by atomic mass is 16.5. The highest BCUT2D eigenvalue weighted by Gasteiger charge is 2.27. The summed E-state index contributed by atoms with van der Waals surface area (Å²) in [6, 6.07) is -0.452. The summed E-state index contributed by atoms with van der Waals surface area (Å²) in [6.45, 7) is 7.61. The molecule has 0 aromatic carbocycles. The van der Waals surface area contributed by atoms with Crippen molar-refractivity contribution in [2.45, 2.75) is 13.0 Å². The molecule has 1 unspecified atom stereocenters. The zero-order valence-electron chi connectivity index (χ0n) is 12.0. The van der Waals surface area contributed by atoms with Crippen LogP contribution in [-0.4, -0.2) is 96.8 Å². The fourth-order valence-electron chi connectivity index (χ4n) is 2.57. The van der Waals surface area contributed by atoms with Crippen LogP contribution in [0.3, 0.4) is 0 Å². The molecule has 1 amide bonds. The maximum atomic E-state index is 12.1. The first kappa shape index (κ1) is 15.2. The van der Waals surface area contributed by atoms with Gasteiger partial charge in [0.25, 0.3) is 0 Å². The lowest BCUT2D eigenvalue weighted by Gasteiger charge is -2.37. The average molecular weight is 285 g/mol. The van der Waals surface area contributed by atoms with E-state index in [9.17, 15) is 9.59 Å². The Kier molecular flexibility index (Phi) is 5.33. The van der Waals surface area contributed by atoms with Crippen molar-refractivity contribution in [1.29, 1.82) is 0 Å². The van der Waals surface area contributed by atoms with Gasteiger partial charge in [0, 0.05) is 39.3 Å². The molecule has 7 nitrogen and oxygen atoms in total. The van der Waals surface area contributed by atoms with Crippen LogP contribution < -0.4 is 0 Å². The van der Waals surface area contributed by atoms with E-state index in [1.807, 2.05) is 9.80 Å². The summed E-state index contributed by atoms with van der Waals surface area (Å²) < 4.78 is 5.23. The molecule has 0 bridgehead atoms. The third kappa shape index (κ3) is 3.91. The van der Waals surface area contributed by atoms with Gasteiger partial charge in [-0.2, -0.15) is 0 Å². The molecule has 2 heterocycles. The van der Waals surface area contributed by atoms with Crippen LogP contribution in [0.2, 0.25) is 0 Å². The zero-order chi connectivity index (χ0) is 14.5. The number of carbonyl (C=O) groups is 2. The van der Waals surface area contributed by atoms with Gasteiger partial charge in [0.15, 0.2) is 0 Å². The van der Waals surface area contributed by atoms with Crippen LogP contribution in [0.1, 0.15) is 6.92 Å². The zero-order valence-corrected chi connectivity index (χ0v) is 12.0. The Labute approximate surface area is 119 Å². The monoisotopic (exact) mass is 285 g/mol. The molecule has 0 saturated carbocycles. The maximum Gasteiger partial charge on any atom is 0.320 e. The van der Waals surface area contributed by atoms with Crippen molar-refractivity contribution in [2.24, 2.45) is 0 Å². The Bertz CT molecular complexity index is 350. The maximum absolute atomic E-state index is 12.1. The Hall–Kier alpha value is -1.18. The first-order chi connectivity index (χ1) is 9.58. The van der Waals surface area contributed by atoms with Gasteiger partial charge in [-0.25, -0.2) is 0 Å². The Balaban J connectivity index is 1.73. The lowest BCUT2D eigenvalue weighted by atomic mass is 10.2. The molecule has 0 spiro atoms. The number of rotatable bonds is 4. The fourth-order valence-corrected chi connectivity index (χ4v) is 2.57. The lowest BCUT2D eigenvalue weighted by Crippen LogP contribution is -2.54. The molecule has 0 aliphatic carbocycles. The van der Waals surface area contributed by atoms with E-state index in [0.717, 1.165) is 13.1 Å². The van der Waals surface area contributed by atoms with Gasteiger partial charge >= 0.3 is 5.97 Å². The standard InChI is InChI=1S/C13H23N3O4/c1-11(13(18)19)15-4-2-14(3-5-15)10-12(17)16-6-8-20-9-7-16/h11H,2-10H2,1H3,(H,18,19). The molecule has 2 fully saturated rings. The molecule has 114 valence electrons. The molecule has 20 heavy (non-hydrogen) atoms. The Morgan fingerprint density at radius 1 is 1.10 bits per heavy atom. The van der Waals surface area contributed by atoms with Crippen molar-refractivity contribution in [3.63, 3.8) is 0 Å². The smallest absolute Gasteiger partial charge is 0.320 e. The summed E-state index contributed by atoms with van der Waals surface area (Å²) >= 11 is 0. The number of carboxylic acids is 1. The largest absolute Gasteiger partial charge is 0.480 e. The molecule has 2 aliphatic rings. The van der Waals surface area contributed by atoms with Crippen LogP contribution in [-0.2, 0) is 14.3 Å². The highest BCUT2D eigenvalue weighted by molar-refractivity contribution is 5.78. The quantitative estimate of drug-likeness (QED) is 0.709. The van der Waals surface area contributed by atoms with E-state index in [1.165, 1.54) is 0 Å². The van der Waals surface area contributed by atoms with E-state index in [4.69, 9.17) is 9.84 Å². The molecule has 0 aromatic rings. The second kappa shape index (κ2) is 7.01. The van der Waals surface area contributed by atoms with Crippen LogP contribution in [0.4, 0.5) is 0 Å². The molecular weight excluding hydrogens is 262 g/mol. The van der Waals surface area contributed by atoms with Crippen molar-refractivity contribution >= 4 is 11.9 Å². The van der Waals surface area contributed by atoms with Crippen LogP contribution >= 0.6 is 0 Å². The second-order valence-electron chi connectivity index (χ2n) is 5.32. The van der Waals surface area contributed by atoms with Crippen molar-refractivity contribution in [2.75, 3.05) is 59.0 Å². The molecule has 2 saturated heterocycles. The van der Waals surface area contributed by atoms with E-state index < -0.39 is 12.0 Å². The van der Waals surface area contributed by atoms with E-state index >= 15 is 0 Å². The molecule has 1 atom stereocenters. The molecule has 0 aromatic heterocycles. The molecule has 7 heteroatoms. The number of ether oxygens (including phenoxy) is 1. The van der Waals surface area contributed by atoms with Gasteiger partial charge in [0.2, 0.25) is 5.91 Å². The number of morpholine rings is 1.